The van der Waals surface area contributed by atoms with Gasteiger partial charge in [0.1, 0.15) is 0 Å². The van der Waals surface area contributed by atoms with Crippen LogP contribution in [0.3, 0.4) is 0 Å². The Labute approximate surface area is 158 Å². The van der Waals surface area contributed by atoms with Crippen molar-refractivity contribution in [2.24, 2.45) is 0 Å². The highest BCUT2D eigenvalue weighted by atomic mass is 35.5. The molecule has 8 heteroatoms. The average molecular weight is 397 g/mol. The number of benzene rings is 2. The van der Waals surface area contributed by atoms with E-state index in [4.69, 9.17) is 16.3 Å². The van der Waals surface area contributed by atoms with Gasteiger partial charge in [0.2, 0.25) is 0 Å². The number of ether oxygens (including phenoxy) is 1. The molecule has 0 aromatic heterocycles. The van der Waals surface area contributed by atoms with E-state index in [1.54, 1.807) is 19.2 Å². The lowest BCUT2D eigenvalue weighted by atomic mass is 10.2. The number of hydrogen-bond acceptors (Lipinski definition) is 4. The molecule has 1 amide bonds. The Kier molecular flexibility index (Phi) is 7.02. The maximum Gasteiger partial charge on any atom is 0.261 e. The van der Waals surface area contributed by atoms with Crippen LogP contribution in [0.15, 0.2) is 47.4 Å². The van der Waals surface area contributed by atoms with Crippen LogP contribution in [0.1, 0.15) is 22.3 Å². The number of carbonyl (C=O) groups is 1. The number of halogens is 1. The predicted octanol–water partition coefficient (Wildman–Crippen LogP) is 3.22. The zero-order valence-electron chi connectivity index (χ0n) is 14.6. The predicted molar refractivity (Wildman–Crippen MR) is 102 cm³/mol. The summed E-state index contributed by atoms with van der Waals surface area (Å²) >= 11 is 6.15. The van der Waals surface area contributed by atoms with Gasteiger partial charge in [0, 0.05) is 25.8 Å². The number of rotatable bonds is 8. The zero-order valence-corrected chi connectivity index (χ0v) is 16.2. The highest BCUT2D eigenvalue weighted by molar-refractivity contribution is 7.92. The minimum Gasteiger partial charge on any atom is -0.385 e. The summed E-state index contributed by atoms with van der Waals surface area (Å²) in [5.41, 5.74) is 1.52. The van der Waals surface area contributed by atoms with E-state index in [-0.39, 0.29) is 21.5 Å². The van der Waals surface area contributed by atoms with Gasteiger partial charge < -0.3 is 10.1 Å². The van der Waals surface area contributed by atoms with Crippen LogP contribution in [0.2, 0.25) is 5.02 Å². The van der Waals surface area contributed by atoms with E-state index in [0.29, 0.717) is 25.1 Å². The van der Waals surface area contributed by atoms with E-state index in [0.717, 1.165) is 5.56 Å². The molecule has 2 aromatic rings. The monoisotopic (exact) mass is 396 g/mol. The summed E-state index contributed by atoms with van der Waals surface area (Å²) in [7, 11) is -2.16. The van der Waals surface area contributed by atoms with E-state index in [9.17, 15) is 13.2 Å². The number of nitrogens with one attached hydrogen (secondary N) is 2. The number of amides is 1. The molecule has 0 aliphatic rings. The Morgan fingerprint density at radius 1 is 1.15 bits per heavy atom. The Bertz CT molecular complexity index is 867. The fourth-order valence-corrected chi connectivity index (χ4v) is 3.54. The van der Waals surface area contributed by atoms with Crippen LogP contribution in [-0.2, 0) is 14.8 Å². The summed E-state index contributed by atoms with van der Waals surface area (Å²) in [4.78, 5) is 12.2. The first-order valence-corrected chi connectivity index (χ1v) is 9.86. The minimum absolute atomic E-state index is 0.138. The molecule has 0 saturated heterocycles. The minimum atomic E-state index is -3.76. The number of hydrogen-bond donors (Lipinski definition) is 2. The quantitative estimate of drug-likeness (QED) is 0.671. The topological polar surface area (TPSA) is 84.5 Å². The first-order chi connectivity index (χ1) is 12.3. The largest absolute Gasteiger partial charge is 0.385 e. The normalized spacial score (nSPS) is 11.2. The van der Waals surface area contributed by atoms with Gasteiger partial charge >= 0.3 is 0 Å². The van der Waals surface area contributed by atoms with Gasteiger partial charge in [0.05, 0.1) is 15.6 Å². The highest BCUT2D eigenvalue weighted by Gasteiger charge is 2.16. The van der Waals surface area contributed by atoms with E-state index < -0.39 is 10.0 Å². The SMILES string of the molecule is COCCCNC(=O)c1ccc(NS(=O)(=O)c2ccc(C)cc2)c(Cl)c1. The molecular formula is C18H21ClN2O4S. The molecular weight excluding hydrogens is 376 g/mol. The number of anilines is 1. The molecule has 0 spiro atoms. The van der Waals surface area contributed by atoms with Gasteiger partial charge in [-0.25, -0.2) is 8.42 Å². The Hall–Kier alpha value is -2.09. The molecule has 0 bridgehead atoms. The maximum atomic E-state index is 12.4. The van der Waals surface area contributed by atoms with Gasteiger partial charge in [0.15, 0.2) is 0 Å². The van der Waals surface area contributed by atoms with Crippen molar-refractivity contribution in [3.05, 3.63) is 58.6 Å². The summed E-state index contributed by atoms with van der Waals surface area (Å²) < 4.78 is 32.2. The van der Waals surface area contributed by atoms with Crippen molar-refractivity contribution >= 4 is 33.2 Å². The maximum absolute atomic E-state index is 12.4. The smallest absolute Gasteiger partial charge is 0.261 e. The number of sulfonamides is 1. The fraction of sp³-hybridized carbons (Fsp3) is 0.278. The second-order valence-electron chi connectivity index (χ2n) is 5.72. The van der Waals surface area contributed by atoms with Gasteiger partial charge in [-0.15, -0.1) is 0 Å². The molecule has 0 unspecified atom stereocenters. The van der Waals surface area contributed by atoms with Gasteiger partial charge in [-0.3, -0.25) is 9.52 Å². The molecule has 0 heterocycles. The van der Waals surface area contributed by atoms with Crippen molar-refractivity contribution in [3.8, 4) is 0 Å². The van der Waals surface area contributed by atoms with E-state index in [1.807, 2.05) is 6.92 Å². The zero-order chi connectivity index (χ0) is 19.2. The number of aryl methyl sites for hydroxylation is 1. The lowest BCUT2D eigenvalue weighted by Gasteiger charge is -2.11. The summed E-state index contributed by atoms with van der Waals surface area (Å²) in [5, 5.41) is 2.89. The van der Waals surface area contributed by atoms with Gasteiger partial charge in [0.25, 0.3) is 15.9 Å². The van der Waals surface area contributed by atoms with Crippen molar-refractivity contribution < 1.29 is 17.9 Å². The molecule has 2 aromatic carbocycles. The molecule has 2 rings (SSSR count). The summed E-state index contributed by atoms with van der Waals surface area (Å²) in [6, 6.07) is 10.9. The molecule has 0 fully saturated rings. The molecule has 0 aliphatic heterocycles. The van der Waals surface area contributed by atoms with Gasteiger partial charge in [-0.2, -0.15) is 0 Å². The third-order valence-electron chi connectivity index (χ3n) is 3.62. The number of carbonyl (C=O) groups excluding carboxylic acids is 1. The third kappa shape index (κ3) is 5.45. The van der Waals surface area contributed by atoms with Gasteiger partial charge in [-0.1, -0.05) is 29.3 Å². The van der Waals surface area contributed by atoms with Crippen LogP contribution in [-0.4, -0.2) is 34.6 Å². The molecule has 26 heavy (non-hydrogen) atoms. The Morgan fingerprint density at radius 2 is 1.85 bits per heavy atom. The summed E-state index contributed by atoms with van der Waals surface area (Å²) in [5.74, 6) is -0.282. The summed E-state index contributed by atoms with van der Waals surface area (Å²) in [6.45, 7) is 2.91. The third-order valence-corrected chi connectivity index (χ3v) is 5.31. The van der Waals surface area contributed by atoms with Crippen molar-refractivity contribution in [1.82, 2.24) is 5.32 Å². The second-order valence-corrected chi connectivity index (χ2v) is 7.81. The standard InChI is InChI=1S/C18H21ClN2O4S/c1-13-4-7-15(8-5-13)26(23,24)21-17-9-6-14(12-16(17)19)18(22)20-10-3-11-25-2/h4-9,12,21H,3,10-11H2,1-2H3,(H,20,22). The lowest BCUT2D eigenvalue weighted by molar-refractivity contribution is 0.0948. The highest BCUT2D eigenvalue weighted by Crippen LogP contribution is 2.26. The molecule has 140 valence electrons. The van der Waals surface area contributed by atoms with Crippen molar-refractivity contribution in [2.75, 3.05) is 25.0 Å². The summed E-state index contributed by atoms with van der Waals surface area (Å²) in [6.07, 6.45) is 0.699. The molecule has 0 saturated carbocycles. The molecule has 0 atom stereocenters. The van der Waals surface area contributed by atoms with Gasteiger partial charge in [-0.05, 0) is 43.7 Å². The van der Waals surface area contributed by atoms with Crippen LogP contribution in [0.5, 0.6) is 0 Å². The van der Waals surface area contributed by atoms with Crippen LogP contribution in [0.4, 0.5) is 5.69 Å². The first kappa shape index (κ1) is 20.2. The van der Waals surface area contributed by atoms with Crippen LogP contribution < -0.4 is 10.0 Å². The van der Waals surface area contributed by atoms with E-state index >= 15 is 0 Å². The van der Waals surface area contributed by atoms with Crippen LogP contribution >= 0.6 is 11.6 Å². The molecule has 2 N–H and O–H groups in total. The number of methoxy groups -OCH3 is 1. The van der Waals surface area contributed by atoms with Crippen molar-refractivity contribution in [1.29, 1.82) is 0 Å². The second kappa shape index (κ2) is 9.02. The first-order valence-electron chi connectivity index (χ1n) is 7.99. The molecule has 6 nitrogen and oxygen atoms in total. The van der Waals surface area contributed by atoms with E-state index in [2.05, 4.69) is 10.0 Å². The van der Waals surface area contributed by atoms with Crippen molar-refractivity contribution in [2.45, 2.75) is 18.2 Å². The van der Waals surface area contributed by atoms with Crippen LogP contribution in [0.25, 0.3) is 0 Å². The van der Waals surface area contributed by atoms with Crippen LogP contribution in [0, 0.1) is 6.92 Å². The lowest BCUT2D eigenvalue weighted by Crippen LogP contribution is -2.25. The average Bonchev–Trinajstić information content (AvgIpc) is 2.60. The van der Waals surface area contributed by atoms with Crippen molar-refractivity contribution in [3.63, 3.8) is 0 Å². The Morgan fingerprint density at radius 3 is 2.46 bits per heavy atom. The fourth-order valence-electron chi connectivity index (χ4n) is 2.18. The molecule has 0 radical (unpaired) electrons. The molecule has 0 aliphatic carbocycles. The Balaban J connectivity index is 2.09. The van der Waals surface area contributed by atoms with E-state index in [1.165, 1.54) is 30.3 Å².